The molecule has 0 saturated carbocycles. The maximum Gasteiger partial charge on any atom is 0.271 e. The number of hydrogen-bond donors (Lipinski definition) is 1. The van der Waals surface area contributed by atoms with Gasteiger partial charge >= 0.3 is 0 Å². The second kappa shape index (κ2) is 13.3. The van der Waals surface area contributed by atoms with E-state index in [2.05, 4.69) is 33.0 Å². The van der Waals surface area contributed by atoms with E-state index >= 15 is 0 Å². The van der Waals surface area contributed by atoms with Gasteiger partial charge in [-0.15, -0.1) is 0 Å². The lowest BCUT2D eigenvalue weighted by Crippen LogP contribution is -2.17. The molecule has 0 aliphatic rings. The molecule has 8 heteroatoms. The number of amides is 1. The van der Waals surface area contributed by atoms with Crippen LogP contribution in [-0.2, 0) is 6.61 Å². The standard InChI is InChI=1S/C28H29BrN2O5/c1-5-13-35-24-12-11-22(16-25(24)33-4)28(32)31-30-17-21-14-23(29)27(26(15-21)34-6-2)36-18-20-9-7-19(3)8-10-20/h5,7-12,14-17H,1,6,13,18H2,2-4H3,(H,31,32)/b30-17+. The van der Waals surface area contributed by atoms with Crippen molar-refractivity contribution in [1.82, 2.24) is 5.43 Å². The Hall–Kier alpha value is -3.78. The lowest BCUT2D eigenvalue weighted by molar-refractivity contribution is 0.0954. The van der Waals surface area contributed by atoms with E-state index < -0.39 is 0 Å². The van der Waals surface area contributed by atoms with E-state index in [1.54, 1.807) is 24.3 Å². The first kappa shape index (κ1) is 26.8. The summed E-state index contributed by atoms with van der Waals surface area (Å²) in [5.41, 5.74) is 5.88. The highest BCUT2D eigenvalue weighted by molar-refractivity contribution is 9.10. The predicted molar refractivity (Wildman–Crippen MR) is 145 cm³/mol. The number of aryl methyl sites for hydroxylation is 1. The Morgan fingerprint density at radius 3 is 2.50 bits per heavy atom. The lowest BCUT2D eigenvalue weighted by Gasteiger charge is -2.15. The van der Waals surface area contributed by atoms with Gasteiger partial charge in [-0.05, 0) is 71.2 Å². The molecule has 0 radical (unpaired) electrons. The highest BCUT2D eigenvalue weighted by Gasteiger charge is 2.13. The second-order valence-corrected chi connectivity index (χ2v) is 8.56. The zero-order chi connectivity index (χ0) is 25.9. The van der Waals surface area contributed by atoms with Crippen LogP contribution >= 0.6 is 15.9 Å². The molecule has 3 rings (SSSR count). The summed E-state index contributed by atoms with van der Waals surface area (Å²) in [6, 6.07) is 16.7. The van der Waals surface area contributed by atoms with Crippen LogP contribution in [0.2, 0.25) is 0 Å². The summed E-state index contributed by atoms with van der Waals surface area (Å²) in [6.07, 6.45) is 3.17. The van der Waals surface area contributed by atoms with E-state index in [9.17, 15) is 4.79 Å². The van der Waals surface area contributed by atoms with Crippen molar-refractivity contribution in [2.45, 2.75) is 20.5 Å². The van der Waals surface area contributed by atoms with Crippen LogP contribution in [0.5, 0.6) is 23.0 Å². The molecule has 36 heavy (non-hydrogen) atoms. The first-order valence-corrected chi connectivity index (χ1v) is 12.1. The first-order valence-electron chi connectivity index (χ1n) is 11.3. The molecule has 0 heterocycles. The quantitative estimate of drug-likeness (QED) is 0.167. The van der Waals surface area contributed by atoms with Gasteiger partial charge in [0.15, 0.2) is 23.0 Å². The van der Waals surface area contributed by atoms with Gasteiger partial charge in [-0.1, -0.05) is 42.5 Å². The van der Waals surface area contributed by atoms with Gasteiger partial charge in [-0.25, -0.2) is 5.43 Å². The zero-order valence-corrected chi connectivity index (χ0v) is 22.1. The second-order valence-electron chi connectivity index (χ2n) is 7.70. The highest BCUT2D eigenvalue weighted by Crippen LogP contribution is 2.37. The molecular weight excluding hydrogens is 524 g/mol. The van der Waals surface area contributed by atoms with Gasteiger partial charge in [0, 0.05) is 5.56 Å². The summed E-state index contributed by atoms with van der Waals surface area (Å²) in [4.78, 5) is 12.6. The Kier molecular flexibility index (Phi) is 9.94. The average molecular weight is 553 g/mol. The van der Waals surface area contributed by atoms with Crippen LogP contribution in [0.3, 0.4) is 0 Å². The Balaban J connectivity index is 1.70. The Bertz CT molecular complexity index is 1230. The van der Waals surface area contributed by atoms with Crippen LogP contribution in [-0.4, -0.2) is 32.4 Å². The third kappa shape index (κ3) is 7.36. The molecular formula is C28H29BrN2O5. The molecule has 1 amide bonds. The van der Waals surface area contributed by atoms with Crippen molar-refractivity contribution < 1.29 is 23.7 Å². The summed E-state index contributed by atoms with van der Waals surface area (Å²) in [5.74, 6) is 1.76. The van der Waals surface area contributed by atoms with Crippen molar-refractivity contribution in [1.29, 1.82) is 0 Å². The van der Waals surface area contributed by atoms with Crippen molar-refractivity contribution in [2.24, 2.45) is 5.10 Å². The Morgan fingerprint density at radius 2 is 1.81 bits per heavy atom. The number of benzene rings is 3. The number of carbonyl (C=O) groups excluding carboxylic acids is 1. The molecule has 0 unspecified atom stereocenters. The average Bonchev–Trinajstić information content (AvgIpc) is 2.88. The van der Waals surface area contributed by atoms with Gasteiger partial charge in [-0.2, -0.15) is 5.10 Å². The van der Waals surface area contributed by atoms with Crippen molar-refractivity contribution in [2.75, 3.05) is 20.3 Å². The van der Waals surface area contributed by atoms with Crippen LogP contribution in [0.1, 0.15) is 34.0 Å². The zero-order valence-electron chi connectivity index (χ0n) is 20.5. The maximum absolute atomic E-state index is 12.6. The molecule has 0 spiro atoms. The number of hydrogen-bond acceptors (Lipinski definition) is 6. The van der Waals surface area contributed by atoms with Crippen molar-refractivity contribution in [3.63, 3.8) is 0 Å². The third-order valence-corrected chi connectivity index (χ3v) is 5.59. The van der Waals surface area contributed by atoms with Crippen LogP contribution in [0.4, 0.5) is 0 Å². The summed E-state index contributed by atoms with van der Waals surface area (Å²) in [6.45, 7) is 8.78. The molecule has 0 aromatic heterocycles. The van der Waals surface area contributed by atoms with Crippen LogP contribution < -0.4 is 24.4 Å². The molecule has 3 aromatic rings. The van der Waals surface area contributed by atoms with Gasteiger partial charge in [0.2, 0.25) is 0 Å². The van der Waals surface area contributed by atoms with Gasteiger partial charge in [-0.3, -0.25) is 4.79 Å². The fourth-order valence-electron chi connectivity index (χ4n) is 3.21. The highest BCUT2D eigenvalue weighted by atomic mass is 79.9. The van der Waals surface area contributed by atoms with E-state index in [1.807, 2.05) is 50.2 Å². The largest absolute Gasteiger partial charge is 0.493 e. The fourth-order valence-corrected chi connectivity index (χ4v) is 3.79. The van der Waals surface area contributed by atoms with Crippen LogP contribution in [0.25, 0.3) is 0 Å². The summed E-state index contributed by atoms with van der Waals surface area (Å²) < 4.78 is 23.4. The number of carbonyl (C=O) groups is 1. The summed E-state index contributed by atoms with van der Waals surface area (Å²) >= 11 is 3.57. The van der Waals surface area contributed by atoms with E-state index in [1.165, 1.54) is 18.9 Å². The first-order chi connectivity index (χ1) is 17.4. The van der Waals surface area contributed by atoms with E-state index in [0.29, 0.717) is 52.9 Å². The molecule has 3 aromatic carbocycles. The summed E-state index contributed by atoms with van der Waals surface area (Å²) in [5, 5.41) is 4.09. The molecule has 0 aliphatic heterocycles. The van der Waals surface area contributed by atoms with E-state index in [4.69, 9.17) is 18.9 Å². The predicted octanol–water partition coefficient (Wildman–Crippen LogP) is 6.07. The number of nitrogens with zero attached hydrogens (tertiary/aromatic N) is 1. The Morgan fingerprint density at radius 1 is 1.03 bits per heavy atom. The minimum Gasteiger partial charge on any atom is -0.493 e. The van der Waals surface area contributed by atoms with Gasteiger partial charge in [0.1, 0.15) is 13.2 Å². The lowest BCUT2D eigenvalue weighted by atomic mass is 10.1. The van der Waals surface area contributed by atoms with Gasteiger partial charge in [0.25, 0.3) is 5.91 Å². The van der Waals surface area contributed by atoms with Crippen molar-refractivity contribution >= 4 is 28.1 Å². The normalized spacial score (nSPS) is 10.7. The molecule has 188 valence electrons. The number of halogens is 1. The van der Waals surface area contributed by atoms with Gasteiger partial charge in [0.05, 0.1) is 24.4 Å². The third-order valence-electron chi connectivity index (χ3n) is 5.00. The van der Waals surface area contributed by atoms with Crippen molar-refractivity contribution in [3.05, 3.63) is 94.0 Å². The number of rotatable bonds is 12. The van der Waals surface area contributed by atoms with E-state index in [0.717, 1.165) is 11.1 Å². The fraction of sp³-hybridized carbons (Fsp3) is 0.214. The molecule has 7 nitrogen and oxygen atoms in total. The minimum atomic E-state index is -0.387. The van der Waals surface area contributed by atoms with Crippen molar-refractivity contribution in [3.8, 4) is 23.0 Å². The maximum atomic E-state index is 12.6. The summed E-state index contributed by atoms with van der Waals surface area (Å²) in [7, 11) is 1.51. The van der Waals surface area contributed by atoms with Gasteiger partial charge < -0.3 is 18.9 Å². The smallest absolute Gasteiger partial charge is 0.271 e. The molecule has 0 atom stereocenters. The Labute approximate surface area is 219 Å². The topological polar surface area (TPSA) is 78.4 Å². The molecule has 1 N–H and O–H groups in total. The number of ether oxygens (including phenoxy) is 4. The number of methoxy groups -OCH3 is 1. The van der Waals surface area contributed by atoms with Crippen LogP contribution in [0, 0.1) is 6.92 Å². The van der Waals surface area contributed by atoms with Crippen LogP contribution in [0.15, 0.2) is 76.8 Å². The molecule has 0 fully saturated rings. The molecule has 0 saturated heterocycles. The minimum absolute atomic E-state index is 0.335. The molecule has 0 aliphatic carbocycles. The number of hydrazone groups is 1. The number of nitrogens with one attached hydrogen (secondary N) is 1. The molecule has 0 bridgehead atoms. The van der Waals surface area contributed by atoms with E-state index in [-0.39, 0.29) is 5.91 Å². The monoisotopic (exact) mass is 552 g/mol. The SMILES string of the molecule is C=CCOc1ccc(C(=O)N/N=C/c2cc(Br)c(OCc3ccc(C)cc3)c(OCC)c2)cc1OC.